The molecule has 1 aliphatic heterocycles. The molecular weight excluding hydrogens is 496 g/mol. The molecule has 2 aromatic carbocycles. The van der Waals surface area contributed by atoms with Crippen molar-refractivity contribution < 1.29 is 36.3 Å². The molecule has 0 aliphatic carbocycles. The molecule has 1 aliphatic rings. The van der Waals surface area contributed by atoms with Crippen molar-refractivity contribution in [3.8, 4) is 0 Å². The number of nitrogens with one attached hydrogen (secondary N) is 1. The van der Waals surface area contributed by atoms with Gasteiger partial charge in [-0.2, -0.15) is 13.2 Å². The Labute approximate surface area is 190 Å². The first kappa shape index (κ1) is 24.1. The maximum absolute atomic E-state index is 13.4. The van der Waals surface area contributed by atoms with Gasteiger partial charge in [-0.25, -0.2) is 8.42 Å². The fourth-order valence-electron chi connectivity index (χ4n) is 2.89. The van der Waals surface area contributed by atoms with Gasteiger partial charge in [0.15, 0.2) is 0 Å². The van der Waals surface area contributed by atoms with Crippen LogP contribution in [0, 0.1) is 0 Å². The van der Waals surface area contributed by atoms with E-state index in [0.717, 1.165) is 18.2 Å². The smallest absolute Gasteiger partial charge is 0.395 e. The molecule has 0 spiro atoms. The number of halogens is 5. The fraction of sp³-hybridized carbons (Fsp3) is 0.158. The lowest BCUT2D eigenvalue weighted by atomic mass is 10.2. The Morgan fingerprint density at radius 1 is 1.06 bits per heavy atom. The van der Waals surface area contributed by atoms with Crippen LogP contribution in [-0.2, 0) is 25.6 Å². The van der Waals surface area contributed by atoms with Gasteiger partial charge < -0.3 is 10.4 Å². The van der Waals surface area contributed by atoms with E-state index in [4.69, 9.17) is 28.3 Å². The number of rotatable bonds is 6. The summed E-state index contributed by atoms with van der Waals surface area (Å²) in [5, 5.41) is 10.6. The molecule has 0 saturated carbocycles. The van der Waals surface area contributed by atoms with Crippen LogP contribution in [0.1, 0.15) is 5.56 Å². The number of sulfone groups is 1. The Morgan fingerprint density at radius 2 is 1.69 bits per heavy atom. The average Bonchev–Trinajstić information content (AvgIpc) is 2.96. The zero-order valence-corrected chi connectivity index (χ0v) is 18.1. The minimum atomic E-state index is -4.93. The second-order valence-electron chi connectivity index (χ2n) is 6.48. The van der Waals surface area contributed by atoms with E-state index in [1.807, 2.05) is 0 Å². The Kier molecular flexibility index (Phi) is 6.57. The number of imide groups is 1. The number of anilines is 1. The lowest BCUT2D eigenvalue weighted by Crippen LogP contribution is -2.34. The Hall–Kier alpha value is -2.60. The highest BCUT2D eigenvalue weighted by Gasteiger charge is 2.37. The average molecular weight is 509 g/mol. The lowest BCUT2D eigenvalue weighted by molar-refractivity contribution is -0.138. The predicted molar refractivity (Wildman–Crippen MR) is 109 cm³/mol. The van der Waals surface area contributed by atoms with E-state index >= 15 is 0 Å². The first-order valence-corrected chi connectivity index (χ1v) is 11.0. The molecule has 0 atom stereocenters. The SMILES string of the molecule is O=C1C=C(Nc2cc(C(F)(F)F)c(Cl)cc2S(=O)(=O)c2ccc(Cl)cc2)C(=O)N1CCO. The number of amides is 2. The normalized spacial score (nSPS) is 14.7. The van der Waals surface area contributed by atoms with E-state index in [9.17, 15) is 31.2 Å². The highest BCUT2D eigenvalue weighted by Crippen LogP contribution is 2.41. The summed E-state index contributed by atoms with van der Waals surface area (Å²) in [4.78, 5) is 24.0. The van der Waals surface area contributed by atoms with Crippen molar-refractivity contribution in [1.82, 2.24) is 4.90 Å². The van der Waals surface area contributed by atoms with Crippen molar-refractivity contribution in [3.63, 3.8) is 0 Å². The number of carbonyl (C=O) groups is 2. The van der Waals surface area contributed by atoms with Gasteiger partial charge in [0.25, 0.3) is 11.8 Å². The molecule has 7 nitrogen and oxygen atoms in total. The zero-order valence-electron chi connectivity index (χ0n) is 15.8. The fourth-order valence-corrected chi connectivity index (χ4v) is 4.77. The molecule has 1 heterocycles. The third-order valence-electron chi connectivity index (χ3n) is 4.39. The van der Waals surface area contributed by atoms with E-state index in [0.29, 0.717) is 17.0 Å². The molecule has 0 saturated heterocycles. The van der Waals surface area contributed by atoms with E-state index in [-0.39, 0.29) is 16.5 Å². The summed E-state index contributed by atoms with van der Waals surface area (Å²) in [6.07, 6.45) is -4.14. The number of hydrogen-bond acceptors (Lipinski definition) is 6. The largest absolute Gasteiger partial charge is 0.417 e. The minimum absolute atomic E-state index is 0.233. The van der Waals surface area contributed by atoms with Crippen LogP contribution in [0.4, 0.5) is 18.9 Å². The maximum atomic E-state index is 13.4. The van der Waals surface area contributed by atoms with Gasteiger partial charge in [-0.15, -0.1) is 0 Å². The molecule has 0 fully saturated rings. The van der Waals surface area contributed by atoms with Crippen LogP contribution >= 0.6 is 23.2 Å². The zero-order chi connectivity index (χ0) is 23.8. The summed E-state index contributed by atoms with van der Waals surface area (Å²) >= 11 is 11.5. The third kappa shape index (κ3) is 4.60. The number of alkyl halides is 3. The first-order chi connectivity index (χ1) is 14.9. The van der Waals surface area contributed by atoms with Crippen LogP contribution in [0.3, 0.4) is 0 Å². The van der Waals surface area contributed by atoms with Gasteiger partial charge in [-0.1, -0.05) is 23.2 Å². The molecular formula is C19H13Cl2F3N2O5S. The number of carbonyl (C=O) groups excluding carboxylic acids is 2. The van der Waals surface area contributed by atoms with Crippen LogP contribution < -0.4 is 5.32 Å². The first-order valence-electron chi connectivity index (χ1n) is 8.73. The summed E-state index contributed by atoms with van der Waals surface area (Å²) in [5.74, 6) is -1.76. The number of aliphatic hydroxyl groups is 1. The summed E-state index contributed by atoms with van der Waals surface area (Å²) in [5.41, 5.74) is -2.43. The molecule has 3 rings (SSSR count). The molecule has 0 unspecified atom stereocenters. The molecule has 0 aromatic heterocycles. The minimum Gasteiger partial charge on any atom is -0.395 e. The van der Waals surface area contributed by atoms with Crippen molar-refractivity contribution in [2.45, 2.75) is 16.0 Å². The van der Waals surface area contributed by atoms with Gasteiger partial charge in [0.2, 0.25) is 9.84 Å². The molecule has 13 heteroatoms. The Balaban J connectivity index is 2.15. The van der Waals surface area contributed by atoms with Gasteiger partial charge >= 0.3 is 6.18 Å². The second-order valence-corrected chi connectivity index (χ2v) is 9.25. The predicted octanol–water partition coefficient (Wildman–Crippen LogP) is 3.50. The summed E-state index contributed by atoms with van der Waals surface area (Å²) < 4.78 is 66.4. The van der Waals surface area contributed by atoms with Crippen molar-refractivity contribution in [1.29, 1.82) is 0 Å². The highest BCUT2D eigenvalue weighted by molar-refractivity contribution is 7.91. The monoisotopic (exact) mass is 508 g/mol. The molecule has 32 heavy (non-hydrogen) atoms. The van der Waals surface area contributed by atoms with Crippen LogP contribution in [0.5, 0.6) is 0 Å². The third-order valence-corrected chi connectivity index (χ3v) is 6.76. The van der Waals surface area contributed by atoms with Crippen molar-refractivity contribution in [3.05, 3.63) is 63.8 Å². The van der Waals surface area contributed by atoms with Crippen LogP contribution in [0.25, 0.3) is 0 Å². The summed E-state index contributed by atoms with van der Waals surface area (Å²) in [7, 11) is -4.42. The van der Waals surface area contributed by atoms with Gasteiger partial charge in [0.05, 0.1) is 39.2 Å². The maximum Gasteiger partial charge on any atom is 0.417 e. The van der Waals surface area contributed by atoms with E-state index < -0.39 is 61.3 Å². The molecule has 0 bridgehead atoms. The number of aliphatic hydroxyl groups excluding tert-OH is 1. The molecule has 2 amide bonds. The number of β-amino-alcohol motifs (C(OH)–C–C–N with tert-alkyl or cyclic N) is 1. The Morgan fingerprint density at radius 3 is 2.25 bits per heavy atom. The van der Waals surface area contributed by atoms with Crippen molar-refractivity contribution in [2.24, 2.45) is 0 Å². The molecule has 170 valence electrons. The summed E-state index contributed by atoms with van der Waals surface area (Å²) in [6.45, 7) is -0.877. The van der Waals surface area contributed by atoms with E-state index in [2.05, 4.69) is 5.32 Å². The number of hydrogen-bond donors (Lipinski definition) is 2. The van der Waals surface area contributed by atoms with Gasteiger partial charge in [-0.3, -0.25) is 14.5 Å². The molecule has 0 radical (unpaired) electrons. The quantitative estimate of drug-likeness (QED) is 0.578. The number of benzene rings is 2. The van der Waals surface area contributed by atoms with Crippen molar-refractivity contribution in [2.75, 3.05) is 18.5 Å². The number of nitrogens with zero attached hydrogens (tertiary/aromatic N) is 1. The lowest BCUT2D eigenvalue weighted by Gasteiger charge is -2.18. The van der Waals surface area contributed by atoms with Crippen molar-refractivity contribution >= 4 is 50.5 Å². The molecule has 2 N–H and O–H groups in total. The summed E-state index contributed by atoms with van der Waals surface area (Å²) in [6, 6.07) is 5.92. The topological polar surface area (TPSA) is 104 Å². The van der Waals surface area contributed by atoms with E-state index in [1.54, 1.807) is 0 Å². The van der Waals surface area contributed by atoms with E-state index in [1.165, 1.54) is 12.1 Å². The van der Waals surface area contributed by atoms with Gasteiger partial charge in [-0.05, 0) is 36.4 Å². The second kappa shape index (κ2) is 8.74. The molecule has 2 aromatic rings. The standard InChI is InChI=1S/C19H13Cl2F3N2O5S/c20-10-1-3-11(4-2-10)32(30,31)16-8-13(21)12(19(22,23)24)7-14(16)25-15-9-17(28)26(5-6-27)18(15)29/h1-4,7-9,25,27H,5-6H2. The highest BCUT2D eigenvalue weighted by atomic mass is 35.5. The van der Waals surface area contributed by atoms with Crippen LogP contribution in [0.2, 0.25) is 10.0 Å². The van der Waals surface area contributed by atoms with Gasteiger partial charge in [0, 0.05) is 11.1 Å². The van der Waals surface area contributed by atoms with Crippen LogP contribution in [-0.4, -0.2) is 43.4 Å². The Bertz CT molecular complexity index is 1230. The van der Waals surface area contributed by atoms with Gasteiger partial charge in [0.1, 0.15) is 5.70 Å². The van der Waals surface area contributed by atoms with Crippen LogP contribution in [0.15, 0.2) is 58.0 Å².